The average Bonchev–Trinajstić information content (AvgIpc) is 4.33. The minimum Gasteiger partial charge on any atom is -0.493 e. The zero-order valence-corrected chi connectivity index (χ0v) is 51.1. The SMILES string of the molecule is CCCCCCCCOc1c2cc(Cn3cc[n+](C)c3)cc1Cc1cc(Cn3cc[n+](C)c3)cc(c1OCCC)Cc1cc(Cn3cc[n+](C)c3)cc(c1OCCCCCCCC)Cc1cc(Cn3cc[n+](C)c3)cc(c1OCCC)C2. The highest BCUT2D eigenvalue weighted by molar-refractivity contribution is 5.59. The van der Waals surface area contributed by atoms with E-state index in [1.54, 1.807) is 0 Å². The Morgan fingerprint density at radius 2 is 0.537 bits per heavy atom. The first-order valence-electron chi connectivity index (χ1n) is 31.2. The maximum absolute atomic E-state index is 7.33. The summed E-state index contributed by atoms with van der Waals surface area (Å²) in [6, 6.07) is 19.4. The van der Waals surface area contributed by atoms with Crippen LogP contribution >= 0.6 is 0 Å². The number of imidazole rings is 4. The van der Waals surface area contributed by atoms with Gasteiger partial charge in [0.1, 0.15) is 98.8 Å². The van der Waals surface area contributed by atoms with Crippen molar-refractivity contribution in [1.82, 2.24) is 18.3 Å². The highest BCUT2D eigenvalue weighted by atomic mass is 16.5. The van der Waals surface area contributed by atoms with Crippen LogP contribution in [0.4, 0.5) is 0 Å². The summed E-state index contributed by atoms with van der Waals surface area (Å²) in [4.78, 5) is 0. The summed E-state index contributed by atoms with van der Waals surface area (Å²) in [5.41, 5.74) is 14.3. The minimum absolute atomic E-state index is 0.611. The van der Waals surface area contributed by atoms with E-state index < -0.39 is 0 Å². The fourth-order valence-electron chi connectivity index (χ4n) is 12.0. The average molecular weight is 1110 g/mol. The lowest BCUT2D eigenvalue weighted by molar-refractivity contribution is -0.671. The second-order valence-corrected chi connectivity index (χ2v) is 23.6. The Morgan fingerprint density at radius 1 is 0.305 bits per heavy atom. The molecule has 9 rings (SSSR count). The van der Waals surface area contributed by atoms with Crippen LogP contribution in [-0.2, 0) is 80.1 Å². The number of hydrogen-bond donors (Lipinski definition) is 0. The van der Waals surface area contributed by atoms with Crippen molar-refractivity contribution in [2.24, 2.45) is 28.2 Å². The molecule has 1 aliphatic rings. The molecule has 436 valence electrons. The van der Waals surface area contributed by atoms with Crippen molar-refractivity contribution in [3.8, 4) is 23.0 Å². The Bertz CT molecular complexity index is 2990. The van der Waals surface area contributed by atoms with Crippen LogP contribution in [0.5, 0.6) is 23.0 Å². The lowest BCUT2D eigenvalue weighted by atomic mass is 9.88. The fraction of sp³-hybridized carbons (Fsp3) is 0.486. The standard InChI is InChI=1S/C70H96N8O4/c1-9-13-15-17-19-21-33-81-69-63-39-57(49-77-29-25-73(7)53-77)40-64(69)44-60-36-56(48-76-28-24-72(6)52-76)38-62(68(60)80-32-12-4)46-66-42-58(50-78-30-26-74(8)54-78)41-65(70(66)82-34-22-20-18-16-14-10-2)45-61-37-55(47-75-27-23-71(5)51-75)35-59(43-63)67(61)79-31-11-3/h23-30,35-42,51-54H,9-22,31-34,43-50H2,1-8H3/q+4. The number of ether oxygens (including phenoxy) is 4. The maximum Gasteiger partial charge on any atom is 0.243 e. The number of rotatable bonds is 30. The van der Waals surface area contributed by atoms with E-state index in [0.29, 0.717) is 52.1 Å². The molecule has 0 unspecified atom stereocenters. The number of benzene rings is 4. The van der Waals surface area contributed by atoms with Gasteiger partial charge in [-0.25, -0.2) is 36.5 Å². The zero-order chi connectivity index (χ0) is 57.2. The molecule has 0 atom stereocenters. The van der Waals surface area contributed by atoms with Crippen LogP contribution in [0.3, 0.4) is 0 Å². The van der Waals surface area contributed by atoms with Gasteiger partial charge in [0.2, 0.25) is 25.3 Å². The molecule has 0 radical (unpaired) electrons. The van der Waals surface area contributed by atoms with Gasteiger partial charge in [0, 0.05) is 25.7 Å². The first-order valence-corrected chi connectivity index (χ1v) is 31.2. The second kappa shape index (κ2) is 29.8. The van der Waals surface area contributed by atoms with Crippen LogP contribution in [0, 0.1) is 0 Å². The molecule has 0 spiro atoms. The number of aromatic nitrogens is 8. The highest BCUT2D eigenvalue weighted by Gasteiger charge is 2.26. The molecular formula is C70H96N8O4+4. The van der Waals surface area contributed by atoms with Gasteiger partial charge in [0.05, 0.1) is 54.6 Å². The fourth-order valence-corrected chi connectivity index (χ4v) is 12.0. The lowest BCUT2D eigenvalue weighted by Crippen LogP contribution is -2.23. The number of fused-ring (bicyclic) bond motifs is 8. The van der Waals surface area contributed by atoms with Gasteiger partial charge in [-0.3, -0.25) is 0 Å². The molecule has 0 aliphatic heterocycles. The highest BCUT2D eigenvalue weighted by Crippen LogP contribution is 2.42. The smallest absolute Gasteiger partial charge is 0.243 e. The first-order chi connectivity index (χ1) is 40.0. The third kappa shape index (κ3) is 16.6. The van der Waals surface area contributed by atoms with E-state index in [1.807, 2.05) is 0 Å². The molecule has 12 nitrogen and oxygen atoms in total. The van der Waals surface area contributed by atoms with Gasteiger partial charge < -0.3 is 18.9 Å². The van der Waals surface area contributed by atoms with Gasteiger partial charge in [-0.15, -0.1) is 0 Å². The van der Waals surface area contributed by atoms with Gasteiger partial charge in [-0.05, 0) is 141 Å². The van der Waals surface area contributed by atoms with Crippen LogP contribution in [0.15, 0.2) is 123 Å². The zero-order valence-electron chi connectivity index (χ0n) is 51.1. The van der Waals surface area contributed by atoms with E-state index >= 15 is 0 Å². The lowest BCUT2D eigenvalue weighted by Gasteiger charge is -2.25. The molecule has 82 heavy (non-hydrogen) atoms. The molecule has 4 aromatic carbocycles. The van der Waals surface area contributed by atoms with E-state index in [2.05, 4.69) is 216 Å². The molecule has 0 saturated heterocycles. The van der Waals surface area contributed by atoms with Crippen molar-refractivity contribution in [3.63, 3.8) is 0 Å². The number of hydrogen-bond acceptors (Lipinski definition) is 4. The summed E-state index contributed by atoms with van der Waals surface area (Å²) in [5, 5.41) is 0. The Labute approximate surface area is 490 Å². The summed E-state index contributed by atoms with van der Waals surface area (Å²) >= 11 is 0. The maximum atomic E-state index is 7.33. The normalized spacial score (nSPS) is 12.3. The Balaban J connectivity index is 1.30. The molecule has 12 heteroatoms. The summed E-state index contributed by atoms with van der Waals surface area (Å²) in [7, 11) is 8.38. The molecule has 8 bridgehead atoms. The molecule has 4 aromatic heterocycles. The van der Waals surface area contributed by atoms with Crippen molar-refractivity contribution in [2.45, 2.75) is 169 Å². The van der Waals surface area contributed by atoms with Crippen molar-refractivity contribution in [3.05, 3.63) is 190 Å². The molecule has 4 heterocycles. The summed E-state index contributed by atoms with van der Waals surface area (Å²) in [6.07, 6.45) is 44.6. The largest absolute Gasteiger partial charge is 0.493 e. The summed E-state index contributed by atoms with van der Waals surface area (Å²) in [5.74, 6) is 3.91. The van der Waals surface area contributed by atoms with E-state index in [4.69, 9.17) is 18.9 Å². The molecule has 1 aliphatic carbocycles. The van der Waals surface area contributed by atoms with Crippen LogP contribution < -0.4 is 37.2 Å². The number of aryl methyl sites for hydroxylation is 4. The topological polar surface area (TPSA) is 72.2 Å². The molecular weight excluding hydrogens is 1020 g/mol. The van der Waals surface area contributed by atoms with Gasteiger partial charge in [0.25, 0.3) is 0 Å². The Kier molecular flexibility index (Phi) is 21.6. The van der Waals surface area contributed by atoms with Crippen molar-refractivity contribution < 1.29 is 37.2 Å². The number of nitrogens with zero attached hydrogens (tertiary/aromatic N) is 8. The summed E-state index contributed by atoms with van der Waals surface area (Å²) < 4.78 is 46.6. The van der Waals surface area contributed by atoms with Gasteiger partial charge >= 0.3 is 0 Å². The molecule has 0 fully saturated rings. The van der Waals surface area contributed by atoms with E-state index in [9.17, 15) is 0 Å². The van der Waals surface area contributed by atoms with Crippen LogP contribution in [0.2, 0.25) is 0 Å². The number of unbranched alkanes of at least 4 members (excludes halogenated alkanes) is 10. The molecule has 8 aromatic rings. The van der Waals surface area contributed by atoms with Crippen LogP contribution in [0.1, 0.15) is 184 Å². The third-order valence-electron chi connectivity index (χ3n) is 15.9. The van der Waals surface area contributed by atoms with E-state index in [1.165, 1.54) is 118 Å². The second-order valence-electron chi connectivity index (χ2n) is 23.6. The quantitative estimate of drug-likeness (QED) is 0.0332. The van der Waals surface area contributed by atoms with Gasteiger partial charge in [-0.2, -0.15) is 0 Å². The van der Waals surface area contributed by atoms with Crippen LogP contribution in [0.25, 0.3) is 0 Å². The predicted molar refractivity (Wildman–Crippen MR) is 325 cm³/mol. The Morgan fingerprint density at radius 3 is 0.756 bits per heavy atom. The molecule has 0 N–H and O–H groups in total. The third-order valence-corrected chi connectivity index (χ3v) is 15.9. The molecule has 0 amide bonds. The Hall–Kier alpha value is -7.08. The van der Waals surface area contributed by atoms with Crippen molar-refractivity contribution in [2.75, 3.05) is 26.4 Å². The summed E-state index contributed by atoms with van der Waals surface area (Å²) in [6.45, 7) is 14.4. The first kappa shape index (κ1) is 59.5. The monoisotopic (exact) mass is 1110 g/mol. The van der Waals surface area contributed by atoms with E-state index in [-0.39, 0.29) is 0 Å². The predicted octanol–water partition coefficient (Wildman–Crippen LogP) is 12.1. The van der Waals surface area contributed by atoms with Gasteiger partial charge in [-0.1, -0.05) is 91.9 Å². The minimum atomic E-state index is 0.611. The molecule has 0 saturated carbocycles. The van der Waals surface area contributed by atoms with Gasteiger partial charge in [0.15, 0.2) is 0 Å². The van der Waals surface area contributed by atoms with Crippen LogP contribution in [-0.4, -0.2) is 44.7 Å². The van der Waals surface area contributed by atoms with Crippen molar-refractivity contribution >= 4 is 0 Å². The van der Waals surface area contributed by atoms with E-state index in [0.717, 1.165) is 87.7 Å². The van der Waals surface area contributed by atoms with Crippen molar-refractivity contribution in [1.29, 1.82) is 0 Å².